The van der Waals surface area contributed by atoms with E-state index in [2.05, 4.69) is 26.8 Å². The Kier molecular flexibility index (Phi) is 4.63. The molecule has 1 nitrogen and oxygen atoms in total. The maximum Gasteiger partial charge on any atom is 0.127 e. The van der Waals surface area contributed by atoms with Crippen molar-refractivity contribution in [1.29, 1.82) is 5.26 Å². The van der Waals surface area contributed by atoms with Gasteiger partial charge in [-0.1, -0.05) is 38.4 Å². The van der Waals surface area contributed by atoms with Gasteiger partial charge in [-0.2, -0.15) is 5.26 Å². The molecule has 1 saturated carbocycles. The molecule has 2 rings (SSSR count). The Morgan fingerprint density at radius 1 is 1.33 bits per heavy atom. The summed E-state index contributed by atoms with van der Waals surface area (Å²) in [6, 6.07) is 7.20. The fourth-order valence-electron chi connectivity index (χ4n) is 3.40. The van der Waals surface area contributed by atoms with E-state index in [4.69, 9.17) is 11.6 Å². The molecule has 1 aromatic carbocycles. The number of hydrogen-bond donors (Lipinski definition) is 0. The van der Waals surface area contributed by atoms with Gasteiger partial charge in [-0.25, -0.2) is 4.39 Å². The molecule has 0 atom stereocenters. The van der Waals surface area contributed by atoms with E-state index >= 15 is 0 Å². The van der Waals surface area contributed by atoms with Gasteiger partial charge in [0, 0.05) is 10.6 Å². The predicted octanol–water partition coefficient (Wildman–Crippen LogP) is 5.77. The van der Waals surface area contributed by atoms with Crippen LogP contribution in [0.1, 0.15) is 52.0 Å². The van der Waals surface area contributed by atoms with Gasteiger partial charge in [0.25, 0.3) is 0 Å². The molecule has 1 aromatic rings. The molecule has 0 N–H and O–H groups in total. The third kappa shape index (κ3) is 3.58. The first-order valence-electron chi connectivity index (χ1n) is 7.61. The molecule has 1 aliphatic rings. The lowest BCUT2D eigenvalue weighted by Gasteiger charge is -2.40. The molecule has 0 amide bonds. The van der Waals surface area contributed by atoms with E-state index in [0.29, 0.717) is 22.9 Å². The molecule has 3 heteroatoms. The monoisotopic (exact) mass is 307 g/mol. The minimum absolute atomic E-state index is 0.275. The molecule has 0 aromatic heterocycles. The van der Waals surface area contributed by atoms with Crippen molar-refractivity contribution in [2.75, 3.05) is 0 Å². The summed E-state index contributed by atoms with van der Waals surface area (Å²) in [5, 5.41) is 10.1. The lowest BCUT2D eigenvalue weighted by Crippen LogP contribution is -2.33. The Labute approximate surface area is 132 Å². The van der Waals surface area contributed by atoms with Crippen molar-refractivity contribution in [1.82, 2.24) is 0 Å². The van der Waals surface area contributed by atoms with Gasteiger partial charge < -0.3 is 0 Å². The van der Waals surface area contributed by atoms with Gasteiger partial charge in [0.15, 0.2) is 0 Å². The SMILES string of the molecule is CC(C)(C)C1CCC(C#N)(Cc2c(F)cccc2Cl)CC1. The minimum Gasteiger partial charge on any atom is -0.207 e. The molecule has 1 aliphatic carbocycles. The van der Waals surface area contributed by atoms with Gasteiger partial charge in [0.1, 0.15) is 5.82 Å². The van der Waals surface area contributed by atoms with Crippen LogP contribution < -0.4 is 0 Å². The molecule has 0 radical (unpaired) electrons. The summed E-state index contributed by atoms with van der Waals surface area (Å²) >= 11 is 6.12. The van der Waals surface area contributed by atoms with Crippen molar-refractivity contribution in [2.24, 2.45) is 16.7 Å². The highest BCUT2D eigenvalue weighted by atomic mass is 35.5. The third-order valence-corrected chi connectivity index (χ3v) is 5.34. The van der Waals surface area contributed by atoms with Crippen molar-refractivity contribution in [2.45, 2.75) is 52.9 Å². The highest BCUT2D eigenvalue weighted by molar-refractivity contribution is 6.31. The quantitative estimate of drug-likeness (QED) is 0.680. The normalized spacial score (nSPS) is 26.4. The van der Waals surface area contributed by atoms with Gasteiger partial charge in [-0.3, -0.25) is 0 Å². The van der Waals surface area contributed by atoms with Crippen molar-refractivity contribution < 1.29 is 4.39 Å². The van der Waals surface area contributed by atoms with Crippen LogP contribution in [-0.4, -0.2) is 0 Å². The molecule has 0 heterocycles. The number of halogens is 2. The number of nitrogens with zero attached hydrogens (tertiary/aromatic N) is 1. The summed E-state index contributed by atoms with van der Waals surface area (Å²) < 4.78 is 14.0. The van der Waals surface area contributed by atoms with Crippen LogP contribution in [0.25, 0.3) is 0 Å². The summed E-state index contributed by atoms with van der Waals surface area (Å²) in [6.07, 6.45) is 4.14. The van der Waals surface area contributed by atoms with Gasteiger partial charge in [0.05, 0.1) is 11.5 Å². The lowest BCUT2D eigenvalue weighted by molar-refractivity contribution is 0.120. The Bertz CT molecular complexity index is 525. The largest absolute Gasteiger partial charge is 0.207 e. The van der Waals surface area contributed by atoms with E-state index in [1.54, 1.807) is 12.1 Å². The van der Waals surface area contributed by atoms with Crippen molar-refractivity contribution in [3.63, 3.8) is 0 Å². The first kappa shape index (κ1) is 16.3. The molecule has 0 bridgehead atoms. The van der Waals surface area contributed by atoms with Crippen molar-refractivity contribution in [3.8, 4) is 6.07 Å². The second-order valence-electron chi connectivity index (χ2n) is 7.41. The van der Waals surface area contributed by atoms with E-state index in [-0.39, 0.29) is 11.2 Å². The van der Waals surface area contributed by atoms with Crippen LogP contribution in [0.5, 0.6) is 0 Å². The molecule has 0 spiro atoms. The average molecular weight is 308 g/mol. The number of rotatable bonds is 2. The Morgan fingerprint density at radius 2 is 1.95 bits per heavy atom. The summed E-state index contributed by atoms with van der Waals surface area (Å²) in [7, 11) is 0. The van der Waals surface area contributed by atoms with Gasteiger partial charge >= 0.3 is 0 Å². The highest BCUT2D eigenvalue weighted by Gasteiger charge is 2.39. The van der Waals surface area contributed by atoms with Gasteiger partial charge in [-0.15, -0.1) is 0 Å². The van der Waals surface area contributed by atoms with E-state index in [1.807, 2.05) is 0 Å². The molecular formula is C18H23ClFN. The fraction of sp³-hybridized carbons (Fsp3) is 0.611. The van der Waals surface area contributed by atoms with Crippen molar-refractivity contribution in [3.05, 3.63) is 34.6 Å². The Hall–Kier alpha value is -1.07. The van der Waals surface area contributed by atoms with Crippen molar-refractivity contribution >= 4 is 11.6 Å². The van der Waals surface area contributed by atoms with Crippen LogP contribution in [0.3, 0.4) is 0 Å². The standard InChI is InChI=1S/C18H23ClFN/c1-17(2,3)13-7-9-18(12-21,10-8-13)11-14-15(19)5-4-6-16(14)20/h4-6,13H,7-11H2,1-3H3. The number of benzene rings is 1. The molecule has 0 unspecified atom stereocenters. The maximum absolute atomic E-state index is 14.0. The van der Waals surface area contributed by atoms with Gasteiger partial charge in [0.2, 0.25) is 0 Å². The van der Waals surface area contributed by atoms with Crippen LogP contribution in [0, 0.1) is 33.9 Å². The average Bonchev–Trinajstić information content (AvgIpc) is 2.43. The number of hydrogen-bond acceptors (Lipinski definition) is 1. The number of nitriles is 1. The van der Waals surface area contributed by atoms with Crippen LogP contribution in [0.2, 0.25) is 5.02 Å². The zero-order chi connectivity index (χ0) is 15.7. The highest BCUT2D eigenvalue weighted by Crippen LogP contribution is 2.47. The topological polar surface area (TPSA) is 23.8 Å². The van der Waals surface area contributed by atoms with Crippen LogP contribution in [-0.2, 0) is 6.42 Å². The van der Waals surface area contributed by atoms with Gasteiger partial charge in [-0.05, 0) is 55.6 Å². The van der Waals surface area contributed by atoms with Crippen LogP contribution in [0.15, 0.2) is 18.2 Å². The van der Waals surface area contributed by atoms with Crippen LogP contribution in [0.4, 0.5) is 4.39 Å². The third-order valence-electron chi connectivity index (χ3n) is 4.98. The first-order valence-corrected chi connectivity index (χ1v) is 7.99. The molecule has 0 aliphatic heterocycles. The van der Waals surface area contributed by atoms with E-state index in [0.717, 1.165) is 25.7 Å². The summed E-state index contributed by atoms with van der Waals surface area (Å²) in [4.78, 5) is 0. The van der Waals surface area contributed by atoms with E-state index in [1.165, 1.54) is 6.07 Å². The molecule has 21 heavy (non-hydrogen) atoms. The van der Waals surface area contributed by atoms with E-state index < -0.39 is 5.41 Å². The first-order chi connectivity index (χ1) is 9.77. The second kappa shape index (κ2) is 5.97. The summed E-state index contributed by atoms with van der Waals surface area (Å²) in [5.41, 5.74) is 0.306. The smallest absolute Gasteiger partial charge is 0.127 e. The lowest BCUT2D eigenvalue weighted by atomic mass is 9.63. The zero-order valence-corrected chi connectivity index (χ0v) is 13.8. The minimum atomic E-state index is -0.465. The Balaban J connectivity index is 2.17. The molecule has 1 fully saturated rings. The Morgan fingerprint density at radius 3 is 2.43 bits per heavy atom. The fourth-order valence-corrected chi connectivity index (χ4v) is 3.63. The molecule has 114 valence electrons. The second-order valence-corrected chi connectivity index (χ2v) is 7.82. The zero-order valence-electron chi connectivity index (χ0n) is 13.0. The van der Waals surface area contributed by atoms with E-state index in [9.17, 15) is 9.65 Å². The van der Waals surface area contributed by atoms with Crippen LogP contribution >= 0.6 is 11.6 Å². The molecular weight excluding hydrogens is 285 g/mol. The summed E-state index contributed by atoms with van der Waals surface area (Å²) in [5.74, 6) is 0.338. The molecule has 0 saturated heterocycles. The predicted molar refractivity (Wildman–Crippen MR) is 84.6 cm³/mol. The summed E-state index contributed by atoms with van der Waals surface area (Å²) in [6.45, 7) is 6.76. The maximum atomic E-state index is 14.0.